The Hall–Kier alpha value is -0.510. The van der Waals surface area contributed by atoms with Gasteiger partial charge in [-0.25, -0.2) is 6.57 Å². The lowest BCUT2D eigenvalue weighted by molar-refractivity contribution is 0.324. The summed E-state index contributed by atoms with van der Waals surface area (Å²) in [5, 5.41) is 0. The molecule has 1 aliphatic carbocycles. The molecule has 11 heavy (non-hydrogen) atoms. The Balaban J connectivity index is 2.51. The molecule has 0 spiro atoms. The Morgan fingerprint density at radius 2 is 1.91 bits per heavy atom. The highest BCUT2D eigenvalue weighted by Gasteiger charge is 2.36. The van der Waals surface area contributed by atoms with E-state index in [1.807, 2.05) is 0 Å². The summed E-state index contributed by atoms with van der Waals surface area (Å²) in [6.45, 7) is 9.36. The molecule has 1 heteroatoms. The molecule has 1 rings (SSSR count). The summed E-state index contributed by atoms with van der Waals surface area (Å²) >= 11 is 0. The molecule has 0 aliphatic heterocycles. The van der Waals surface area contributed by atoms with Crippen LogP contribution in [0, 0.1) is 6.57 Å². The number of hydrogen-bond donors (Lipinski definition) is 0. The standard InChI is InChI=1S/C10H17N/c1-3-7-10(11-2)8-5-4-6-9-10/h3-9H2,1H3. The van der Waals surface area contributed by atoms with Crippen LogP contribution in [0.4, 0.5) is 0 Å². The van der Waals surface area contributed by atoms with Gasteiger partial charge in [0.1, 0.15) is 0 Å². The molecule has 1 nitrogen and oxygen atoms in total. The third-order valence-corrected chi connectivity index (χ3v) is 2.74. The Labute approximate surface area is 69.6 Å². The van der Waals surface area contributed by atoms with E-state index in [1.54, 1.807) is 0 Å². The quantitative estimate of drug-likeness (QED) is 0.533. The van der Waals surface area contributed by atoms with Crippen LogP contribution >= 0.6 is 0 Å². The van der Waals surface area contributed by atoms with Gasteiger partial charge in [0.2, 0.25) is 5.54 Å². The summed E-state index contributed by atoms with van der Waals surface area (Å²) in [4.78, 5) is 3.82. The van der Waals surface area contributed by atoms with Crippen LogP contribution in [0.3, 0.4) is 0 Å². The van der Waals surface area contributed by atoms with Crippen molar-refractivity contribution in [2.24, 2.45) is 0 Å². The summed E-state index contributed by atoms with van der Waals surface area (Å²) in [7, 11) is 0. The molecule has 0 heterocycles. The molecule has 62 valence electrons. The predicted molar refractivity (Wildman–Crippen MR) is 47.3 cm³/mol. The average Bonchev–Trinajstić information content (AvgIpc) is 2.07. The molecule has 0 saturated heterocycles. The third kappa shape index (κ3) is 1.96. The van der Waals surface area contributed by atoms with E-state index in [0.29, 0.717) is 0 Å². The van der Waals surface area contributed by atoms with Gasteiger partial charge in [-0.15, -0.1) is 0 Å². The van der Waals surface area contributed by atoms with Gasteiger partial charge in [0.05, 0.1) is 0 Å². The molecule has 0 aromatic carbocycles. The van der Waals surface area contributed by atoms with Crippen LogP contribution in [-0.2, 0) is 0 Å². The average molecular weight is 151 g/mol. The Morgan fingerprint density at radius 1 is 1.27 bits per heavy atom. The Bertz CT molecular complexity index is 143. The van der Waals surface area contributed by atoms with Crippen molar-refractivity contribution in [3.8, 4) is 0 Å². The van der Waals surface area contributed by atoms with E-state index in [4.69, 9.17) is 6.57 Å². The van der Waals surface area contributed by atoms with Gasteiger partial charge in [-0.2, -0.15) is 0 Å². The molecule has 1 saturated carbocycles. The van der Waals surface area contributed by atoms with Crippen molar-refractivity contribution >= 4 is 0 Å². The minimum Gasteiger partial charge on any atom is -0.310 e. The number of hydrogen-bond acceptors (Lipinski definition) is 0. The number of rotatable bonds is 2. The van der Waals surface area contributed by atoms with Crippen LogP contribution < -0.4 is 0 Å². The van der Waals surface area contributed by atoms with E-state index in [9.17, 15) is 0 Å². The summed E-state index contributed by atoms with van der Waals surface area (Å²) in [6, 6.07) is 0. The molecular formula is C10H17N. The van der Waals surface area contributed by atoms with Crippen molar-refractivity contribution in [3.63, 3.8) is 0 Å². The molecule has 0 amide bonds. The molecule has 0 unspecified atom stereocenters. The monoisotopic (exact) mass is 151 g/mol. The maximum atomic E-state index is 7.17. The molecule has 0 bridgehead atoms. The van der Waals surface area contributed by atoms with Crippen LogP contribution in [0.1, 0.15) is 51.9 Å². The molecule has 0 atom stereocenters. The molecule has 0 N–H and O–H groups in total. The van der Waals surface area contributed by atoms with Crippen LogP contribution in [0.2, 0.25) is 0 Å². The zero-order valence-electron chi connectivity index (χ0n) is 7.40. The lowest BCUT2D eigenvalue weighted by Crippen LogP contribution is -2.27. The summed E-state index contributed by atoms with van der Waals surface area (Å²) in [6.07, 6.45) is 8.51. The fraction of sp³-hybridized carbons (Fsp3) is 0.900. The normalized spacial score (nSPS) is 22.5. The highest BCUT2D eigenvalue weighted by atomic mass is 14.8. The second kappa shape index (κ2) is 3.76. The minimum atomic E-state index is 0.0625. The van der Waals surface area contributed by atoms with E-state index >= 15 is 0 Å². The molecule has 0 aromatic heterocycles. The van der Waals surface area contributed by atoms with E-state index < -0.39 is 0 Å². The fourth-order valence-electron chi connectivity index (χ4n) is 2.09. The van der Waals surface area contributed by atoms with Gasteiger partial charge < -0.3 is 4.85 Å². The van der Waals surface area contributed by atoms with Crippen molar-refractivity contribution in [2.45, 2.75) is 57.4 Å². The third-order valence-electron chi connectivity index (χ3n) is 2.74. The van der Waals surface area contributed by atoms with E-state index in [1.165, 1.54) is 25.7 Å². The maximum absolute atomic E-state index is 7.17. The summed E-state index contributed by atoms with van der Waals surface area (Å²) in [5.41, 5.74) is 0.0625. The minimum absolute atomic E-state index is 0.0625. The van der Waals surface area contributed by atoms with Crippen molar-refractivity contribution < 1.29 is 0 Å². The second-order valence-corrected chi connectivity index (χ2v) is 3.65. The van der Waals surface area contributed by atoms with Crippen LogP contribution in [0.5, 0.6) is 0 Å². The smallest absolute Gasteiger partial charge is 0.232 e. The molecular weight excluding hydrogens is 134 g/mol. The van der Waals surface area contributed by atoms with Gasteiger partial charge in [0, 0.05) is 19.3 Å². The molecule has 0 aromatic rings. The largest absolute Gasteiger partial charge is 0.310 e. The van der Waals surface area contributed by atoms with Gasteiger partial charge in [-0.3, -0.25) is 0 Å². The Morgan fingerprint density at radius 3 is 2.36 bits per heavy atom. The molecule has 1 fully saturated rings. The summed E-state index contributed by atoms with van der Waals surface area (Å²) in [5.74, 6) is 0. The lowest BCUT2D eigenvalue weighted by Gasteiger charge is -2.25. The van der Waals surface area contributed by atoms with Crippen LogP contribution in [0.25, 0.3) is 4.85 Å². The van der Waals surface area contributed by atoms with Gasteiger partial charge in [-0.05, 0) is 19.3 Å². The highest BCUT2D eigenvalue weighted by molar-refractivity contribution is 4.99. The fourth-order valence-corrected chi connectivity index (χ4v) is 2.09. The van der Waals surface area contributed by atoms with Gasteiger partial charge in [0.25, 0.3) is 0 Å². The Kier molecular flexibility index (Phi) is 2.93. The van der Waals surface area contributed by atoms with Gasteiger partial charge >= 0.3 is 0 Å². The first-order valence-corrected chi connectivity index (χ1v) is 4.71. The van der Waals surface area contributed by atoms with Gasteiger partial charge in [-0.1, -0.05) is 13.3 Å². The maximum Gasteiger partial charge on any atom is 0.232 e. The zero-order valence-corrected chi connectivity index (χ0v) is 7.40. The van der Waals surface area contributed by atoms with Gasteiger partial charge in [0.15, 0.2) is 0 Å². The molecule has 1 aliphatic rings. The second-order valence-electron chi connectivity index (χ2n) is 3.65. The van der Waals surface area contributed by atoms with Crippen molar-refractivity contribution in [1.29, 1.82) is 0 Å². The predicted octanol–water partition coefficient (Wildman–Crippen LogP) is 3.41. The summed E-state index contributed by atoms with van der Waals surface area (Å²) < 4.78 is 0. The first-order chi connectivity index (χ1) is 5.33. The lowest BCUT2D eigenvalue weighted by atomic mass is 9.79. The van der Waals surface area contributed by atoms with E-state index in [2.05, 4.69) is 11.8 Å². The van der Waals surface area contributed by atoms with Crippen molar-refractivity contribution in [3.05, 3.63) is 11.4 Å². The zero-order chi connectivity index (χ0) is 8.16. The highest BCUT2D eigenvalue weighted by Crippen LogP contribution is 2.35. The molecule has 0 radical (unpaired) electrons. The first kappa shape index (κ1) is 8.59. The topological polar surface area (TPSA) is 4.36 Å². The van der Waals surface area contributed by atoms with Crippen LogP contribution in [0.15, 0.2) is 0 Å². The SMILES string of the molecule is [C-]#[N+]C1(CCC)CCCCC1. The van der Waals surface area contributed by atoms with E-state index in [-0.39, 0.29) is 5.54 Å². The first-order valence-electron chi connectivity index (χ1n) is 4.71. The number of nitrogens with zero attached hydrogens (tertiary/aromatic N) is 1. The van der Waals surface area contributed by atoms with Crippen molar-refractivity contribution in [1.82, 2.24) is 0 Å². The van der Waals surface area contributed by atoms with Crippen LogP contribution in [-0.4, -0.2) is 5.54 Å². The van der Waals surface area contributed by atoms with Crippen molar-refractivity contribution in [2.75, 3.05) is 0 Å². The van der Waals surface area contributed by atoms with E-state index in [0.717, 1.165) is 19.3 Å².